The molecule has 0 spiro atoms. The summed E-state index contributed by atoms with van der Waals surface area (Å²) in [5, 5.41) is 3.90. The molecule has 0 aliphatic rings. The SMILES string of the molecule is CCCC(C)OC(=O)COc1ccc2ccccc2c1-c1c(OCC(=O)OC(C)CCC)ccc2ccccc12. The Morgan fingerprint density at radius 2 is 1.00 bits per heavy atom. The maximum Gasteiger partial charge on any atom is 0.344 e. The van der Waals surface area contributed by atoms with Gasteiger partial charge in [0.1, 0.15) is 11.5 Å². The number of fused-ring (bicyclic) bond motifs is 2. The van der Waals surface area contributed by atoms with Crippen molar-refractivity contribution in [2.45, 2.75) is 65.6 Å². The van der Waals surface area contributed by atoms with E-state index in [1.807, 2.05) is 86.6 Å². The molecule has 0 aromatic heterocycles. The zero-order valence-electron chi connectivity index (χ0n) is 23.8. The molecular formula is C34H38O6. The van der Waals surface area contributed by atoms with E-state index >= 15 is 0 Å². The lowest BCUT2D eigenvalue weighted by Crippen LogP contribution is -2.21. The highest BCUT2D eigenvalue weighted by Crippen LogP contribution is 2.45. The van der Waals surface area contributed by atoms with Crippen molar-refractivity contribution in [1.82, 2.24) is 0 Å². The first kappa shape index (κ1) is 28.9. The van der Waals surface area contributed by atoms with Crippen LogP contribution in [0.2, 0.25) is 0 Å². The first-order valence-corrected chi connectivity index (χ1v) is 14.1. The average molecular weight is 543 g/mol. The van der Waals surface area contributed by atoms with Crippen LogP contribution in [0.1, 0.15) is 53.4 Å². The minimum absolute atomic E-state index is 0.171. The van der Waals surface area contributed by atoms with E-state index in [0.29, 0.717) is 11.5 Å². The molecular weight excluding hydrogens is 504 g/mol. The molecule has 0 radical (unpaired) electrons. The highest BCUT2D eigenvalue weighted by atomic mass is 16.6. The summed E-state index contributed by atoms with van der Waals surface area (Å²) in [6.07, 6.45) is 3.11. The quantitative estimate of drug-likeness (QED) is 0.160. The largest absolute Gasteiger partial charge is 0.481 e. The Balaban J connectivity index is 1.75. The van der Waals surface area contributed by atoms with E-state index in [2.05, 4.69) is 13.8 Å². The van der Waals surface area contributed by atoms with Gasteiger partial charge in [-0.2, -0.15) is 0 Å². The van der Waals surface area contributed by atoms with Crippen molar-refractivity contribution >= 4 is 33.5 Å². The van der Waals surface area contributed by atoms with Gasteiger partial charge in [0.05, 0.1) is 12.2 Å². The van der Waals surface area contributed by atoms with E-state index in [-0.39, 0.29) is 25.4 Å². The molecule has 6 heteroatoms. The van der Waals surface area contributed by atoms with E-state index in [0.717, 1.165) is 58.4 Å². The summed E-state index contributed by atoms with van der Waals surface area (Å²) in [5.41, 5.74) is 1.57. The van der Waals surface area contributed by atoms with Crippen molar-refractivity contribution in [2.75, 3.05) is 13.2 Å². The van der Waals surface area contributed by atoms with Crippen molar-refractivity contribution in [3.8, 4) is 22.6 Å². The summed E-state index contributed by atoms with van der Waals surface area (Å²) in [4.78, 5) is 25.2. The van der Waals surface area contributed by atoms with E-state index < -0.39 is 11.9 Å². The molecule has 2 atom stereocenters. The summed E-state index contributed by atoms with van der Waals surface area (Å²) < 4.78 is 23.3. The summed E-state index contributed by atoms with van der Waals surface area (Å²) in [6.45, 7) is 7.44. The van der Waals surface area contributed by atoms with Crippen LogP contribution in [0.5, 0.6) is 11.5 Å². The van der Waals surface area contributed by atoms with Gasteiger partial charge in [-0.05, 0) is 60.4 Å². The minimum atomic E-state index is -0.418. The lowest BCUT2D eigenvalue weighted by molar-refractivity contribution is -0.151. The number of carbonyl (C=O) groups is 2. The molecule has 0 fully saturated rings. The van der Waals surface area contributed by atoms with Gasteiger partial charge in [-0.1, -0.05) is 87.4 Å². The molecule has 0 amide bonds. The monoisotopic (exact) mass is 542 g/mol. The maximum atomic E-state index is 12.6. The maximum absolute atomic E-state index is 12.6. The number of hydrogen-bond donors (Lipinski definition) is 0. The minimum Gasteiger partial charge on any atom is -0.481 e. The molecule has 0 aliphatic heterocycles. The Morgan fingerprint density at radius 1 is 0.600 bits per heavy atom. The Morgan fingerprint density at radius 3 is 1.40 bits per heavy atom. The fourth-order valence-corrected chi connectivity index (χ4v) is 4.98. The smallest absolute Gasteiger partial charge is 0.344 e. The molecule has 4 aromatic rings. The second-order valence-corrected chi connectivity index (χ2v) is 10.1. The van der Waals surface area contributed by atoms with Crippen molar-refractivity contribution < 1.29 is 28.5 Å². The van der Waals surface area contributed by atoms with Crippen LogP contribution in [0.3, 0.4) is 0 Å². The van der Waals surface area contributed by atoms with E-state index in [4.69, 9.17) is 18.9 Å². The summed E-state index contributed by atoms with van der Waals surface area (Å²) >= 11 is 0. The van der Waals surface area contributed by atoms with Gasteiger partial charge >= 0.3 is 11.9 Å². The van der Waals surface area contributed by atoms with Gasteiger partial charge in [-0.15, -0.1) is 0 Å². The van der Waals surface area contributed by atoms with Gasteiger partial charge in [0, 0.05) is 11.1 Å². The third-order valence-corrected chi connectivity index (χ3v) is 6.78. The summed E-state index contributed by atoms with van der Waals surface area (Å²) in [5.74, 6) is 0.218. The first-order chi connectivity index (χ1) is 19.4. The summed E-state index contributed by atoms with van der Waals surface area (Å²) in [6, 6.07) is 23.7. The Bertz CT molecular complexity index is 1350. The number of hydrogen-bond acceptors (Lipinski definition) is 6. The summed E-state index contributed by atoms with van der Waals surface area (Å²) in [7, 11) is 0. The Labute approximate surface area is 236 Å². The molecule has 6 nitrogen and oxygen atoms in total. The molecule has 0 heterocycles. The molecule has 0 aliphatic carbocycles. The lowest BCUT2D eigenvalue weighted by atomic mass is 9.92. The van der Waals surface area contributed by atoms with Crippen molar-refractivity contribution in [1.29, 1.82) is 0 Å². The van der Waals surface area contributed by atoms with E-state index in [9.17, 15) is 9.59 Å². The topological polar surface area (TPSA) is 71.1 Å². The number of ether oxygens (including phenoxy) is 4. The van der Waals surface area contributed by atoms with Crippen LogP contribution in [-0.4, -0.2) is 37.4 Å². The molecule has 0 saturated carbocycles. The number of rotatable bonds is 13. The van der Waals surface area contributed by atoms with E-state index in [1.54, 1.807) is 0 Å². The number of benzene rings is 4. The van der Waals surface area contributed by atoms with Crippen molar-refractivity contribution in [2.24, 2.45) is 0 Å². The highest BCUT2D eigenvalue weighted by molar-refractivity contribution is 6.09. The van der Waals surface area contributed by atoms with Crippen molar-refractivity contribution in [3.05, 3.63) is 72.8 Å². The third kappa shape index (κ3) is 7.12. The molecule has 40 heavy (non-hydrogen) atoms. The standard InChI is InChI=1S/C34H38O6/c1-5-11-23(3)39-31(35)21-37-29-19-17-25-13-7-9-15-27(25)33(29)34-28-16-10-8-14-26(28)18-20-30(34)38-22-32(36)40-24(4)12-6-2/h7-10,13-20,23-24H,5-6,11-12,21-22H2,1-4H3. The first-order valence-electron chi connectivity index (χ1n) is 14.1. The second-order valence-electron chi connectivity index (χ2n) is 10.1. The van der Waals surface area contributed by atoms with Crippen LogP contribution in [0.15, 0.2) is 72.8 Å². The van der Waals surface area contributed by atoms with Gasteiger partial charge in [-0.3, -0.25) is 0 Å². The molecule has 0 bridgehead atoms. The molecule has 0 saturated heterocycles. The fourth-order valence-electron chi connectivity index (χ4n) is 4.98. The van der Waals surface area contributed by atoms with Crippen LogP contribution in [0, 0.1) is 0 Å². The zero-order valence-corrected chi connectivity index (χ0v) is 23.8. The van der Waals surface area contributed by atoms with Crippen molar-refractivity contribution in [3.63, 3.8) is 0 Å². The van der Waals surface area contributed by atoms with Gasteiger partial charge in [0.2, 0.25) is 0 Å². The van der Waals surface area contributed by atoms with Crippen LogP contribution in [-0.2, 0) is 19.1 Å². The molecule has 4 rings (SSSR count). The average Bonchev–Trinajstić information content (AvgIpc) is 2.94. The van der Waals surface area contributed by atoms with Crippen LogP contribution >= 0.6 is 0 Å². The molecule has 4 aromatic carbocycles. The molecule has 0 N–H and O–H groups in total. The van der Waals surface area contributed by atoms with Crippen LogP contribution in [0.4, 0.5) is 0 Å². The van der Waals surface area contributed by atoms with Gasteiger partial charge < -0.3 is 18.9 Å². The predicted octanol–water partition coefficient (Wildman–Crippen LogP) is 7.88. The third-order valence-electron chi connectivity index (χ3n) is 6.78. The van der Waals surface area contributed by atoms with E-state index in [1.165, 1.54) is 0 Å². The fraction of sp³-hybridized carbons (Fsp3) is 0.353. The highest BCUT2D eigenvalue weighted by Gasteiger charge is 2.21. The Kier molecular flexibility index (Phi) is 10.0. The predicted molar refractivity (Wildman–Crippen MR) is 159 cm³/mol. The number of esters is 2. The van der Waals surface area contributed by atoms with Crippen LogP contribution < -0.4 is 9.47 Å². The molecule has 210 valence electrons. The van der Waals surface area contributed by atoms with Gasteiger partial charge in [0.15, 0.2) is 13.2 Å². The van der Waals surface area contributed by atoms with Gasteiger partial charge in [0.25, 0.3) is 0 Å². The van der Waals surface area contributed by atoms with Crippen LogP contribution in [0.25, 0.3) is 32.7 Å². The van der Waals surface area contributed by atoms with Gasteiger partial charge in [-0.25, -0.2) is 9.59 Å². The zero-order chi connectivity index (χ0) is 28.5. The molecule has 2 unspecified atom stereocenters. The Hall–Kier alpha value is -4.06. The lowest BCUT2D eigenvalue weighted by Gasteiger charge is -2.20. The second kappa shape index (κ2) is 13.8. The normalized spacial score (nSPS) is 12.6. The number of carbonyl (C=O) groups excluding carboxylic acids is 2.